The van der Waals surface area contributed by atoms with Crippen LogP contribution < -0.4 is 0 Å². The molecular formula is C7H9N. The molecule has 0 amide bonds. The van der Waals surface area contributed by atoms with E-state index in [0.29, 0.717) is 0 Å². The molecule has 0 spiro atoms. The summed E-state index contributed by atoms with van der Waals surface area (Å²) in [6, 6.07) is -0.116. The Morgan fingerprint density at radius 3 is 2.75 bits per heavy atom. The molecule has 42 valence electrons. The summed E-state index contributed by atoms with van der Waals surface area (Å²) < 4.78 is 0. The lowest BCUT2D eigenvalue weighted by atomic mass is 10.3. The number of hydrogen-bond acceptors (Lipinski definition) is 1. The molecule has 0 aromatic rings. The van der Waals surface area contributed by atoms with Crippen molar-refractivity contribution in [3.8, 4) is 11.8 Å². The average molecular weight is 107 g/mol. The van der Waals surface area contributed by atoms with Crippen LogP contribution in [0.1, 0.15) is 20.3 Å². The van der Waals surface area contributed by atoms with Gasteiger partial charge >= 0.3 is 0 Å². The Labute approximate surface area is 50.8 Å². The first-order chi connectivity index (χ1) is 3.81. The molecule has 0 saturated heterocycles. The quantitative estimate of drug-likeness (QED) is 0.353. The van der Waals surface area contributed by atoms with E-state index in [-0.39, 0.29) is 6.04 Å². The number of rotatable bonds is 1. The van der Waals surface area contributed by atoms with Gasteiger partial charge in [-0.25, -0.2) is 0 Å². The van der Waals surface area contributed by atoms with Gasteiger partial charge in [-0.2, -0.15) is 0 Å². The number of hydrogen-bond donors (Lipinski definition) is 0. The van der Waals surface area contributed by atoms with E-state index in [0.717, 1.165) is 6.42 Å². The zero-order chi connectivity index (χ0) is 6.41. The van der Waals surface area contributed by atoms with Crippen LogP contribution in [0.15, 0.2) is 4.99 Å². The van der Waals surface area contributed by atoms with Crippen molar-refractivity contribution < 1.29 is 0 Å². The van der Waals surface area contributed by atoms with Gasteiger partial charge in [0.1, 0.15) is 12.8 Å². The van der Waals surface area contributed by atoms with Gasteiger partial charge in [0, 0.05) is 6.42 Å². The summed E-state index contributed by atoms with van der Waals surface area (Å²) in [5, 5.41) is 0. The average Bonchev–Trinajstić information content (AvgIpc) is 1.83. The first kappa shape index (κ1) is 7.23. The molecule has 0 aliphatic rings. The molecule has 0 heterocycles. The third kappa shape index (κ3) is 3.42. The second-order valence-corrected chi connectivity index (χ2v) is 1.48. The van der Waals surface area contributed by atoms with E-state index in [4.69, 9.17) is 6.72 Å². The van der Waals surface area contributed by atoms with Crippen molar-refractivity contribution >= 4 is 6.72 Å². The zero-order valence-electron chi connectivity index (χ0n) is 5.23. The van der Waals surface area contributed by atoms with Crippen molar-refractivity contribution in [2.45, 2.75) is 26.3 Å². The third-order valence-corrected chi connectivity index (χ3v) is 0.681. The molecule has 0 aliphatic heterocycles. The van der Waals surface area contributed by atoms with E-state index < -0.39 is 0 Å². The van der Waals surface area contributed by atoms with E-state index in [1.807, 2.05) is 6.92 Å². The van der Waals surface area contributed by atoms with Crippen molar-refractivity contribution in [3.05, 3.63) is 0 Å². The van der Waals surface area contributed by atoms with E-state index in [9.17, 15) is 0 Å². The minimum absolute atomic E-state index is 0.116. The van der Waals surface area contributed by atoms with Crippen LogP contribution >= 0.6 is 0 Å². The molecule has 1 unspecified atom stereocenters. The van der Waals surface area contributed by atoms with E-state index >= 15 is 0 Å². The van der Waals surface area contributed by atoms with E-state index in [1.54, 1.807) is 6.92 Å². The SMILES string of the molecule is CCC#CC(C)N=[C:1]. The van der Waals surface area contributed by atoms with Gasteiger partial charge in [0.25, 0.3) is 0 Å². The highest BCUT2D eigenvalue weighted by Crippen LogP contribution is 1.82. The standard InChI is InChI=1S/C7H9N/c1-4-5-6-7(2)8-3/h7H,4H2,1-2H3. The van der Waals surface area contributed by atoms with Gasteiger partial charge < -0.3 is 0 Å². The summed E-state index contributed by atoms with van der Waals surface area (Å²) in [6.07, 6.45) is 0.847. The Kier molecular flexibility index (Phi) is 3.97. The fourth-order valence-electron chi connectivity index (χ4n) is 0.282. The van der Waals surface area contributed by atoms with Crippen LogP contribution in [0, 0.1) is 11.8 Å². The van der Waals surface area contributed by atoms with Gasteiger partial charge in [-0.15, -0.1) is 5.92 Å². The Bertz CT molecular complexity index is 116. The predicted octanol–water partition coefficient (Wildman–Crippen LogP) is 1.24. The van der Waals surface area contributed by atoms with Crippen molar-refractivity contribution in [1.82, 2.24) is 0 Å². The van der Waals surface area contributed by atoms with E-state index in [2.05, 4.69) is 16.8 Å². The van der Waals surface area contributed by atoms with Crippen LogP contribution in [0.5, 0.6) is 0 Å². The molecule has 0 N–H and O–H groups in total. The molecule has 1 heteroatoms. The minimum atomic E-state index is -0.116. The largest absolute Gasteiger partial charge is 0.265 e. The van der Waals surface area contributed by atoms with Crippen molar-refractivity contribution in [2.24, 2.45) is 4.99 Å². The normalized spacial score (nSPS) is 11.2. The Morgan fingerprint density at radius 1 is 1.75 bits per heavy atom. The van der Waals surface area contributed by atoms with Crippen molar-refractivity contribution in [1.29, 1.82) is 0 Å². The topological polar surface area (TPSA) is 12.4 Å². The minimum Gasteiger partial charge on any atom is -0.265 e. The summed E-state index contributed by atoms with van der Waals surface area (Å²) >= 11 is 0. The lowest BCUT2D eigenvalue weighted by Crippen LogP contribution is -1.88. The summed E-state index contributed by atoms with van der Waals surface area (Å²) in [5.41, 5.74) is 0. The Balaban J connectivity index is 3.50. The molecule has 0 aromatic heterocycles. The van der Waals surface area contributed by atoms with Crippen molar-refractivity contribution in [2.75, 3.05) is 0 Å². The highest BCUT2D eigenvalue weighted by molar-refractivity contribution is 5.26. The van der Waals surface area contributed by atoms with Gasteiger partial charge in [0.05, 0.1) is 0 Å². The monoisotopic (exact) mass is 107 g/mol. The molecule has 0 aromatic carbocycles. The molecule has 0 aliphatic carbocycles. The smallest absolute Gasteiger partial charge is 0.114 e. The molecule has 1 atom stereocenters. The first-order valence-electron chi connectivity index (χ1n) is 2.66. The molecule has 1 nitrogen and oxygen atoms in total. The van der Waals surface area contributed by atoms with Gasteiger partial charge in [0.15, 0.2) is 0 Å². The maximum absolute atomic E-state index is 6.51. The van der Waals surface area contributed by atoms with Crippen LogP contribution in [0.3, 0.4) is 0 Å². The fraction of sp³-hybridized carbons (Fsp3) is 0.571. The van der Waals surface area contributed by atoms with Gasteiger partial charge in [-0.3, -0.25) is 4.99 Å². The lowest BCUT2D eigenvalue weighted by molar-refractivity contribution is 0.968. The molecule has 0 rings (SSSR count). The second-order valence-electron chi connectivity index (χ2n) is 1.48. The zero-order valence-corrected chi connectivity index (χ0v) is 5.23. The molecular weight excluding hydrogens is 98.1 g/mol. The summed E-state index contributed by atoms with van der Waals surface area (Å²) in [4.78, 5) is 3.20. The molecule has 0 fully saturated rings. The van der Waals surface area contributed by atoms with Crippen LogP contribution in [-0.4, -0.2) is 12.8 Å². The fourth-order valence-corrected chi connectivity index (χ4v) is 0.282. The third-order valence-electron chi connectivity index (χ3n) is 0.681. The molecule has 2 radical (unpaired) electrons. The summed E-state index contributed by atoms with van der Waals surface area (Å²) in [7, 11) is 0. The van der Waals surface area contributed by atoms with Gasteiger partial charge in [-0.1, -0.05) is 12.8 Å². The maximum atomic E-state index is 6.51. The van der Waals surface area contributed by atoms with Gasteiger partial charge in [0.2, 0.25) is 0 Å². The van der Waals surface area contributed by atoms with Crippen LogP contribution in [0.25, 0.3) is 0 Å². The molecule has 0 saturated carbocycles. The summed E-state index contributed by atoms with van der Waals surface area (Å²) in [5.74, 6) is 5.61. The number of nitrogens with zero attached hydrogens (tertiary/aromatic N) is 1. The van der Waals surface area contributed by atoms with Crippen LogP contribution in [0.4, 0.5) is 0 Å². The van der Waals surface area contributed by atoms with Gasteiger partial charge in [-0.05, 0) is 6.92 Å². The molecule has 0 bridgehead atoms. The molecule has 8 heavy (non-hydrogen) atoms. The van der Waals surface area contributed by atoms with Crippen LogP contribution in [0.2, 0.25) is 0 Å². The van der Waals surface area contributed by atoms with Crippen molar-refractivity contribution in [3.63, 3.8) is 0 Å². The highest BCUT2D eigenvalue weighted by atomic mass is 14.7. The summed E-state index contributed by atoms with van der Waals surface area (Å²) in [6.45, 7) is 10.3. The Morgan fingerprint density at radius 2 is 2.38 bits per heavy atom. The van der Waals surface area contributed by atoms with Crippen LogP contribution in [-0.2, 0) is 0 Å². The lowest BCUT2D eigenvalue weighted by Gasteiger charge is -1.86. The predicted molar refractivity (Wildman–Crippen MR) is 35.0 cm³/mol. The Hall–Kier alpha value is -0.770. The second kappa shape index (κ2) is 4.39. The first-order valence-corrected chi connectivity index (χ1v) is 2.66. The number of aliphatic imine (C=N–C) groups is 1. The van der Waals surface area contributed by atoms with E-state index in [1.165, 1.54) is 0 Å². The highest BCUT2D eigenvalue weighted by Gasteiger charge is 1.83. The maximum Gasteiger partial charge on any atom is 0.114 e.